The molecule has 0 radical (unpaired) electrons. The van der Waals surface area contributed by atoms with Gasteiger partial charge in [-0.3, -0.25) is 14.4 Å². The number of unbranched alkanes of at least 4 members (excludes halogenated alkanes) is 3. The Hall–Kier alpha value is -4.97. The van der Waals surface area contributed by atoms with Crippen molar-refractivity contribution in [3.05, 3.63) is 158 Å². The number of hydrogen-bond acceptors (Lipinski definition) is 6. The third kappa shape index (κ3) is 47.9. The van der Waals surface area contributed by atoms with Crippen LogP contribution in [-0.2, 0) is 28.6 Å². The summed E-state index contributed by atoms with van der Waals surface area (Å²) in [4.78, 5) is 37.8. The summed E-state index contributed by atoms with van der Waals surface area (Å²) in [5, 5.41) is 0. The first kappa shape index (κ1) is 58.0. The number of carbonyl (C=O) groups excluding carboxylic acids is 3. The molecule has 0 aromatic rings. The lowest BCUT2D eigenvalue weighted by Crippen LogP contribution is -2.30. The van der Waals surface area contributed by atoms with Gasteiger partial charge in [0.25, 0.3) is 0 Å². The highest BCUT2D eigenvalue weighted by atomic mass is 16.6. The number of allylic oxidation sites excluding steroid dienone is 26. The Balaban J connectivity index is 4.66. The van der Waals surface area contributed by atoms with Gasteiger partial charge in [-0.15, -0.1) is 0 Å². The fraction of sp³-hybridized carbons (Fsp3) is 0.491. The van der Waals surface area contributed by atoms with Gasteiger partial charge in [0.05, 0.1) is 0 Å². The van der Waals surface area contributed by atoms with Gasteiger partial charge in [-0.1, -0.05) is 185 Å². The normalized spacial score (nSPS) is 13.5. The van der Waals surface area contributed by atoms with E-state index < -0.39 is 18.0 Å². The second-order valence-electron chi connectivity index (χ2n) is 14.9. The van der Waals surface area contributed by atoms with Crippen LogP contribution in [0.1, 0.15) is 162 Å². The molecule has 0 rings (SSSR count). The molecule has 0 aromatic carbocycles. The molecule has 63 heavy (non-hydrogen) atoms. The van der Waals surface area contributed by atoms with E-state index in [0.717, 1.165) is 109 Å². The summed E-state index contributed by atoms with van der Waals surface area (Å²) in [6.45, 7) is 6.09. The van der Waals surface area contributed by atoms with E-state index in [2.05, 4.69) is 154 Å². The minimum Gasteiger partial charge on any atom is -0.462 e. The fourth-order valence-electron chi connectivity index (χ4n) is 5.55. The summed E-state index contributed by atoms with van der Waals surface area (Å²) in [6, 6.07) is 0. The van der Waals surface area contributed by atoms with E-state index in [1.165, 1.54) is 0 Å². The van der Waals surface area contributed by atoms with Gasteiger partial charge >= 0.3 is 17.9 Å². The molecule has 0 N–H and O–H groups in total. The Morgan fingerprint density at radius 1 is 0.317 bits per heavy atom. The van der Waals surface area contributed by atoms with Crippen molar-refractivity contribution in [3.8, 4) is 0 Å². The Kier molecular flexibility index (Phi) is 45.8. The van der Waals surface area contributed by atoms with Crippen molar-refractivity contribution in [2.24, 2.45) is 0 Å². The summed E-state index contributed by atoms with van der Waals surface area (Å²) < 4.78 is 16.6. The highest BCUT2D eigenvalue weighted by Gasteiger charge is 2.19. The monoisotopic (exact) mass is 865 g/mol. The van der Waals surface area contributed by atoms with Gasteiger partial charge in [-0.05, 0) is 116 Å². The predicted octanol–water partition coefficient (Wildman–Crippen LogP) is 15.9. The molecule has 0 aromatic heterocycles. The SMILES string of the molecule is CC/C=C\C/C=C\C/C=C\C/C=C\C/C=C\C/C=C\CCC(=O)OCC(COC(=O)CCCCC/C=C\C/C=C\C/C=C\CC)OC(=O)CC/C=C\C/C=C\C/C=C\C/C=C\CC. The topological polar surface area (TPSA) is 78.9 Å². The molecule has 1 unspecified atom stereocenters. The quantitative estimate of drug-likeness (QED) is 0.0264. The third-order valence-electron chi connectivity index (χ3n) is 9.04. The zero-order chi connectivity index (χ0) is 45.8. The van der Waals surface area contributed by atoms with Crippen LogP contribution in [0.4, 0.5) is 0 Å². The summed E-state index contributed by atoms with van der Waals surface area (Å²) in [5.41, 5.74) is 0. The highest BCUT2D eigenvalue weighted by Crippen LogP contribution is 2.09. The van der Waals surface area contributed by atoms with Gasteiger partial charge in [0.1, 0.15) is 13.2 Å². The molecule has 348 valence electrons. The summed E-state index contributed by atoms with van der Waals surface area (Å²) >= 11 is 0. The minimum absolute atomic E-state index is 0.153. The molecule has 0 spiro atoms. The Morgan fingerprint density at radius 3 is 0.952 bits per heavy atom. The average Bonchev–Trinajstić information content (AvgIpc) is 3.28. The molecule has 0 aliphatic rings. The molecule has 6 heteroatoms. The van der Waals surface area contributed by atoms with Crippen LogP contribution in [0.15, 0.2) is 158 Å². The molecular formula is C57H84O6. The van der Waals surface area contributed by atoms with Crippen molar-refractivity contribution >= 4 is 17.9 Å². The van der Waals surface area contributed by atoms with Gasteiger partial charge in [0.15, 0.2) is 6.10 Å². The van der Waals surface area contributed by atoms with Gasteiger partial charge < -0.3 is 14.2 Å². The van der Waals surface area contributed by atoms with Crippen molar-refractivity contribution in [1.29, 1.82) is 0 Å². The van der Waals surface area contributed by atoms with E-state index in [0.29, 0.717) is 12.8 Å². The average molecular weight is 865 g/mol. The van der Waals surface area contributed by atoms with E-state index >= 15 is 0 Å². The molecule has 6 nitrogen and oxygen atoms in total. The number of rotatable bonds is 40. The smallest absolute Gasteiger partial charge is 0.306 e. The lowest BCUT2D eigenvalue weighted by Gasteiger charge is -2.18. The first-order valence-electron chi connectivity index (χ1n) is 24.0. The number of ether oxygens (including phenoxy) is 3. The van der Waals surface area contributed by atoms with Crippen LogP contribution >= 0.6 is 0 Å². The molecule has 0 amide bonds. The standard InChI is InChI=1S/C57H84O6/c1-4-7-10-13-16-19-22-25-26-27-28-29-30-33-35-38-41-44-47-50-56(59)62-53-54(63-57(60)51-48-45-42-39-36-32-24-21-18-15-12-9-6-3)52-61-55(58)49-46-43-40-37-34-31-23-20-17-14-11-8-5-2/h7-12,16-21,25-26,28-29,31-36,41-42,44-45,54H,4-6,13-15,22-24,27,30,37-40,43,46-53H2,1-3H3/b10-7-,11-8-,12-9-,19-16-,20-17-,21-18-,26-25-,29-28-,34-31-,35-33-,36-32-,44-41-,45-42-. The maximum absolute atomic E-state index is 12.7. The van der Waals surface area contributed by atoms with Crippen LogP contribution in [-0.4, -0.2) is 37.2 Å². The van der Waals surface area contributed by atoms with Crippen LogP contribution in [0.3, 0.4) is 0 Å². The fourth-order valence-corrected chi connectivity index (χ4v) is 5.55. The summed E-state index contributed by atoms with van der Waals surface area (Å²) in [5.74, 6) is -1.17. The van der Waals surface area contributed by atoms with Crippen molar-refractivity contribution < 1.29 is 28.6 Å². The van der Waals surface area contributed by atoms with Crippen LogP contribution in [0.25, 0.3) is 0 Å². The maximum Gasteiger partial charge on any atom is 0.306 e. The Morgan fingerprint density at radius 2 is 0.603 bits per heavy atom. The molecule has 0 aliphatic carbocycles. The van der Waals surface area contributed by atoms with Crippen molar-refractivity contribution in [1.82, 2.24) is 0 Å². The van der Waals surface area contributed by atoms with Crippen molar-refractivity contribution in [2.45, 2.75) is 168 Å². The Labute approximate surface area is 384 Å². The Bertz CT molecular complexity index is 1510. The summed E-state index contributed by atoms with van der Waals surface area (Å²) in [6.07, 6.45) is 72.5. The first-order chi connectivity index (χ1) is 31.0. The molecule has 1 atom stereocenters. The molecular weight excluding hydrogens is 781 g/mol. The zero-order valence-electron chi connectivity index (χ0n) is 39.5. The molecule has 0 heterocycles. The van der Waals surface area contributed by atoms with Crippen LogP contribution in [0.5, 0.6) is 0 Å². The van der Waals surface area contributed by atoms with E-state index in [1.807, 2.05) is 24.3 Å². The molecule has 0 aliphatic heterocycles. The van der Waals surface area contributed by atoms with Gasteiger partial charge in [-0.2, -0.15) is 0 Å². The largest absolute Gasteiger partial charge is 0.462 e. The second-order valence-corrected chi connectivity index (χ2v) is 14.9. The maximum atomic E-state index is 12.7. The third-order valence-corrected chi connectivity index (χ3v) is 9.04. The molecule has 0 saturated carbocycles. The van der Waals surface area contributed by atoms with Gasteiger partial charge in [0, 0.05) is 19.3 Å². The first-order valence-corrected chi connectivity index (χ1v) is 24.0. The van der Waals surface area contributed by atoms with E-state index in [1.54, 1.807) is 0 Å². The number of carbonyl (C=O) groups is 3. The number of hydrogen-bond donors (Lipinski definition) is 0. The lowest BCUT2D eigenvalue weighted by atomic mass is 10.1. The van der Waals surface area contributed by atoms with Gasteiger partial charge in [0.2, 0.25) is 0 Å². The molecule has 0 bridgehead atoms. The number of esters is 3. The van der Waals surface area contributed by atoms with Crippen LogP contribution in [0, 0.1) is 0 Å². The van der Waals surface area contributed by atoms with Crippen LogP contribution in [0.2, 0.25) is 0 Å². The molecule has 0 fully saturated rings. The van der Waals surface area contributed by atoms with Crippen molar-refractivity contribution in [2.75, 3.05) is 13.2 Å². The lowest BCUT2D eigenvalue weighted by molar-refractivity contribution is -0.166. The second kappa shape index (κ2) is 49.7. The van der Waals surface area contributed by atoms with E-state index in [-0.39, 0.29) is 38.4 Å². The van der Waals surface area contributed by atoms with E-state index in [4.69, 9.17) is 14.2 Å². The van der Waals surface area contributed by atoms with Crippen molar-refractivity contribution in [3.63, 3.8) is 0 Å². The van der Waals surface area contributed by atoms with Gasteiger partial charge in [-0.25, -0.2) is 0 Å². The predicted molar refractivity (Wildman–Crippen MR) is 269 cm³/mol. The summed E-state index contributed by atoms with van der Waals surface area (Å²) in [7, 11) is 0. The molecule has 0 saturated heterocycles. The van der Waals surface area contributed by atoms with E-state index in [9.17, 15) is 14.4 Å². The minimum atomic E-state index is -0.865. The van der Waals surface area contributed by atoms with Crippen LogP contribution < -0.4 is 0 Å². The zero-order valence-corrected chi connectivity index (χ0v) is 39.5. The highest BCUT2D eigenvalue weighted by molar-refractivity contribution is 5.71.